The number of benzene rings is 1. The summed E-state index contributed by atoms with van der Waals surface area (Å²) in [7, 11) is 2.46. The molecule has 0 heterocycles. The van der Waals surface area contributed by atoms with Crippen molar-refractivity contribution in [3.63, 3.8) is 0 Å². The van der Waals surface area contributed by atoms with Gasteiger partial charge in [-0.05, 0) is 29.3 Å². The summed E-state index contributed by atoms with van der Waals surface area (Å²) in [5.74, 6) is -3.05. The fourth-order valence-electron chi connectivity index (χ4n) is 1.33. The van der Waals surface area contributed by atoms with Crippen LogP contribution < -0.4 is 10.1 Å². The molecule has 19 heavy (non-hydrogen) atoms. The Balaban J connectivity index is 3.29. The topological polar surface area (TPSA) is 87.1 Å². The van der Waals surface area contributed by atoms with Crippen LogP contribution in [0.15, 0.2) is 22.9 Å². The molecule has 100 valence electrons. The fourth-order valence-corrected chi connectivity index (χ4v) is 1.33. The molecule has 0 aliphatic heterocycles. The zero-order valence-corrected chi connectivity index (χ0v) is 10.1. The minimum absolute atomic E-state index is 0.0294. The number of likely N-dealkylation sites (N-methyl/N-ethyl adjacent to an activating group) is 1. The van der Waals surface area contributed by atoms with Gasteiger partial charge in [0.05, 0.1) is 7.11 Å². The third-order valence-electron chi connectivity index (χ3n) is 2.14. The van der Waals surface area contributed by atoms with E-state index in [1.54, 1.807) is 0 Å². The fraction of sp³-hybridized carbons (Fsp3) is 0.182. The van der Waals surface area contributed by atoms with E-state index in [2.05, 4.69) is 20.1 Å². The lowest BCUT2D eigenvalue weighted by Gasteiger charge is -2.05. The van der Waals surface area contributed by atoms with Crippen LogP contribution in [-0.4, -0.2) is 20.1 Å². The van der Waals surface area contributed by atoms with E-state index in [9.17, 15) is 13.6 Å². The normalized spacial score (nSPS) is 10.6. The molecule has 0 saturated carbocycles. The van der Waals surface area contributed by atoms with Gasteiger partial charge in [-0.2, -0.15) is 0 Å². The Hall–Kier alpha value is -2.60. The molecule has 1 aromatic rings. The summed E-state index contributed by atoms with van der Waals surface area (Å²) in [4.78, 5) is 13.8. The van der Waals surface area contributed by atoms with Crippen molar-refractivity contribution in [2.75, 3.05) is 14.2 Å². The molecule has 0 atom stereocenters. The summed E-state index contributed by atoms with van der Waals surface area (Å²) in [5.41, 5.74) is 8.04. The molecule has 8 heteroatoms. The Kier molecular flexibility index (Phi) is 4.84. The standard InChI is InChI=1S/C11H10F2N4O2/c1-15-11(18)9(16-17-14)5-6-3-7(12)10(19-2)8(13)4-6/h3-5H,1-2H3,(H,15,18)/b9-5-. The second-order valence-corrected chi connectivity index (χ2v) is 3.32. The summed E-state index contributed by atoms with van der Waals surface area (Å²) in [6.07, 6.45) is 1.06. The van der Waals surface area contributed by atoms with E-state index in [1.165, 1.54) is 7.05 Å². The van der Waals surface area contributed by atoms with Crippen molar-refractivity contribution in [3.05, 3.63) is 45.5 Å². The molecule has 0 spiro atoms. The molecular formula is C11H10F2N4O2. The Bertz CT molecular complexity index is 557. The van der Waals surface area contributed by atoms with Crippen LogP contribution in [0.4, 0.5) is 8.78 Å². The average molecular weight is 268 g/mol. The van der Waals surface area contributed by atoms with Crippen molar-refractivity contribution < 1.29 is 18.3 Å². The maximum atomic E-state index is 13.4. The van der Waals surface area contributed by atoms with Gasteiger partial charge in [0.25, 0.3) is 5.91 Å². The number of nitrogens with zero attached hydrogens (tertiary/aromatic N) is 3. The number of halogens is 2. The first kappa shape index (κ1) is 14.5. The van der Waals surface area contributed by atoms with E-state index in [4.69, 9.17) is 5.53 Å². The minimum Gasteiger partial charge on any atom is -0.491 e. The summed E-state index contributed by atoms with van der Waals surface area (Å²) in [6.45, 7) is 0. The lowest BCUT2D eigenvalue weighted by Crippen LogP contribution is -2.18. The van der Waals surface area contributed by atoms with Gasteiger partial charge in [0, 0.05) is 12.0 Å². The highest BCUT2D eigenvalue weighted by Gasteiger charge is 2.12. The molecule has 0 saturated heterocycles. The van der Waals surface area contributed by atoms with Crippen molar-refractivity contribution in [2.24, 2.45) is 5.11 Å². The second kappa shape index (κ2) is 6.36. The van der Waals surface area contributed by atoms with E-state index in [0.717, 1.165) is 25.3 Å². The van der Waals surface area contributed by atoms with E-state index in [0.29, 0.717) is 0 Å². The minimum atomic E-state index is -0.925. The third-order valence-corrected chi connectivity index (χ3v) is 2.14. The van der Waals surface area contributed by atoms with Crippen LogP contribution >= 0.6 is 0 Å². The number of carbonyl (C=O) groups is 1. The highest BCUT2D eigenvalue weighted by Crippen LogP contribution is 2.24. The Morgan fingerprint density at radius 2 is 2.05 bits per heavy atom. The Morgan fingerprint density at radius 1 is 1.47 bits per heavy atom. The molecule has 1 rings (SSSR count). The van der Waals surface area contributed by atoms with Gasteiger partial charge in [-0.1, -0.05) is 5.11 Å². The van der Waals surface area contributed by atoms with Gasteiger partial charge >= 0.3 is 0 Å². The number of nitrogens with one attached hydrogen (secondary N) is 1. The van der Waals surface area contributed by atoms with Gasteiger partial charge in [-0.3, -0.25) is 4.79 Å². The van der Waals surface area contributed by atoms with Gasteiger partial charge in [-0.25, -0.2) is 8.78 Å². The van der Waals surface area contributed by atoms with Crippen molar-refractivity contribution in [1.29, 1.82) is 0 Å². The van der Waals surface area contributed by atoms with Gasteiger partial charge in [0.1, 0.15) is 5.70 Å². The SMILES string of the molecule is CNC(=O)/C(=C/c1cc(F)c(OC)c(F)c1)N=[N+]=[N-]. The Labute approximate surface area is 107 Å². The summed E-state index contributed by atoms with van der Waals surface area (Å²) >= 11 is 0. The zero-order valence-electron chi connectivity index (χ0n) is 10.1. The van der Waals surface area contributed by atoms with Crippen LogP contribution in [0.3, 0.4) is 0 Å². The number of amides is 1. The number of ether oxygens (including phenoxy) is 1. The predicted molar refractivity (Wildman–Crippen MR) is 64.1 cm³/mol. The molecule has 0 aliphatic carbocycles. The monoisotopic (exact) mass is 268 g/mol. The Morgan fingerprint density at radius 3 is 2.47 bits per heavy atom. The van der Waals surface area contributed by atoms with Gasteiger partial charge in [0.2, 0.25) is 0 Å². The maximum absolute atomic E-state index is 13.4. The van der Waals surface area contributed by atoms with Crippen LogP contribution in [-0.2, 0) is 4.79 Å². The van der Waals surface area contributed by atoms with E-state index >= 15 is 0 Å². The van der Waals surface area contributed by atoms with Crippen LogP contribution in [0.1, 0.15) is 5.56 Å². The highest BCUT2D eigenvalue weighted by atomic mass is 19.1. The summed E-state index contributed by atoms with van der Waals surface area (Å²) in [6, 6.07) is 1.91. The van der Waals surface area contributed by atoms with Crippen LogP contribution in [0.5, 0.6) is 5.75 Å². The molecule has 1 amide bonds. The lowest BCUT2D eigenvalue weighted by molar-refractivity contribution is -0.117. The number of methoxy groups -OCH3 is 1. The number of rotatable bonds is 4. The quantitative estimate of drug-likeness (QED) is 0.393. The van der Waals surface area contributed by atoms with Crippen molar-refractivity contribution in [3.8, 4) is 5.75 Å². The molecule has 0 unspecified atom stereocenters. The van der Waals surface area contributed by atoms with Gasteiger partial charge in [0.15, 0.2) is 17.4 Å². The summed E-state index contributed by atoms with van der Waals surface area (Å²) < 4.78 is 31.4. The highest BCUT2D eigenvalue weighted by molar-refractivity contribution is 5.97. The van der Waals surface area contributed by atoms with Crippen LogP contribution in [0.2, 0.25) is 0 Å². The van der Waals surface area contributed by atoms with Gasteiger partial charge in [-0.15, -0.1) is 0 Å². The van der Waals surface area contributed by atoms with Crippen molar-refractivity contribution in [2.45, 2.75) is 0 Å². The van der Waals surface area contributed by atoms with Gasteiger partial charge < -0.3 is 10.1 Å². The molecule has 0 bridgehead atoms. The average Bonchev–Trinajstić information content (AvgIpc) is 2.37. The first-order chi connectivity index (χ1) is 9.03. The third kappa shape index (κ3) is 3.43. The van der Waals surface area contributed by atoms with Crippen LogP contribution in [0, 0.1) is 11.6 Å². The molecule has 0 aromatic heterocycles. The zero-order chi connectivity index (χ0) is 14.4. The molecule has 0 fully saturated rings. The number of hydrogen-bond donors (Lipinski definition) is 1. The van der Waals surface area contributed by atoms with Crippen molar-refractivity contribution >= 4 is 12.0 Å². The van der Waals surface area contributed by atoms with Crippen LogP contribution in [0.25, 0.3) is 16.5 Å². The first-order valence-corrected chi connectivity index (χ1v) is 5.05. The molecule has 0 aliphatic rings. The molecule has 1 N–H and O–H groups in total. The summed E-state index contributed by atoms with van der Waals surface area (Å²) in [5, 5.41) is 5.38. The number of carbonyl (C=O) groups excluding carboxylic acids is 1. The van der Waals surface area contributed by atoms with E-state index in [-0.39, 0.29) is 11.3 Å². The molecular weight excluding hydrogens is 258 g/mol. The largest absolute Gasteiger partial charge is 0.491 e. The maximum Gasteiger partial charge on any atom is 0.253 e. The molecule has 6 nitrogen and oxygen atoms in total. The lowest BCUT2D eigenvalue weighted by atomic mass is 10.1. The molecule has 1 aromatic carbocycles. The van der Waals surface area contributed by atoms with E-state index < -0.39 is 23.3 Å². The van der Waals surface area contributed by atoms with Crippen molar-refractivity contribution in [1.82, 2.24) is 5.32 Å². The first-order valence-electron chi connectivity index (χ1n) is 5.05. The number of azide groups is 1. The number of hydrogen-bond acceptors (Lipinski definition) is 3. The molecule has 0 radical (unpaired) electrons. The van der Waals surface area contributed by atoms with E-state index in [1.807, 2.05) is 0 Å². The second-order valence-electron chi connectivity index (χ2n) is 3.32. The smallest absolute Gasteiger partial charge is 0.253 e. The predicted octanol–water partition coefficient (Wildman–Crippen LogP) is 2.37.